The number of aromatic nitrogens is 3. The minimum Gasteiger partial charge on any atom is -0.307 e. The van der Waals surface area contributed by atoms with Gasteiger partial charge in [0.15, 0.2) is 5.82 Å². The van der Waals surface area contributed by atoms with Crippen LogP contribution in [0, 0.1) is 0 Å². The van der Waals surface area contributed by atoms with Crippen molar-refractivity contribution in [2.24, 2.45) is 5.84 Å². The van der Waals surface area contributed by atoms with Crippen LogP contribution in [0.3, 0.4) is 0 Å². The van der Waals surface area contributed by atoms with Crippen molar-refractivity contribution in [3.63, 3.8) is 0 Å². The molecule has 11 heteroatoms. The first-order valence-electron chi connectivity index (χ1n) is 4.44. The monoisotopic (exact) mass is 350 g/mol. The average molecular weight is 351 g/mol. The summed E-state index contributed by atoms with van der Waals surface area (Å²) in [5.74, 6) is 5.26. The fourth-order valence-electron chi connectivity index (χ4n) is 1.12. The molecule has 0 spiro atoms. The molecule has 18 heavy (non-hydrogen) atoms. The highest BCUT2D eigenvalue weighted by Crippen LogP contribution is 2.24. The van der Waals surface area contributed by atoms with Gasteiger partial charge in [-0.05, 0) is 22.0 Å². The lowest BCUT2D eigenvalue weighted by Crippen LogP contribution is -2.18. The molecule has 2 aromatic rings. The molecule has 0 atom stereocenters. The Labute approximate surface area is 115 Å². The van der Waals surface area contributed by atoms with Gasteiger partial charge in [0.2, 0.25) is 5.13 Å². The molecule has 0 radical (unpaired) electrons. The second-order valence-electron chi connectivity index (χ2n) is 2.99. The first-order chi connectivity index (χ1) is 8.53. The van der Waals surface area contributed by atoms with E-state index in [4.69, 9.17) is 5.84 Å². The molecule has 0 aromatic carbocycles. The van der Waals surface area contributed by atoms with Crippen molar-refractivity contribution in [2.75, 3.05) is 10.1 Å². The zero-order valence-electron chi connectivity index (χ0n) is 8.66. The number of nitrogens with one attached hydrogen (secondary N) is 2. The predicted molar refractivity (Wildman–Crippen MR) is 70.5 cm³/mol. The Bertz CT molecular complexity index is 644. The Morgan fingerprint density at radius 2 is 2.22 bits per heavy atom. The van der Waals surface area contributed by atoms with Crippen molar-refractivity contribution in [2.45, 2.75) is 4.90 Å². The lowest BCUT2D eigenvalue weighted by atomic mass is 10.5. The summed E-state index contributed by atoms with van der Waals surface area (Å²) in [6.45, 7) is 0. The minimum atomic E-state index is -3.83. The van der Waals surface area contributed by atoms with E-state index in [1.54, 1.807) is 0 Å². The first kappa shape index (κ1) is 13.1. The summed E-state index contributed by atoms with van der Waals surface area (Å²) >= 11 is 4.21. The van der Waals surface area contributed by atoms with Crippen LogP contribution in [0.2, 0.25) is 0 Å². The molecule has 0 amide bonds. The van der Waals surface area contributed by atoms with Crippen molar-refractivity contribution in [1.29, 1.82) is 0 Å². The van der Waals surface area contributed by atoms with Crippen LogP contribution in [0.4, 0.5) is 10.9 Å². The molecule has 2 rings (SSSR count). The van der Waals surface area contributed by atoms with Crippen LogP contribution >= 0.6 is 27.3 Å². The number of hydrogen-bond donors (Lipinski definition) is 3. The number of nitrogens with zero attached hydrogens (tertiary/aromatic N) is 3. The van der Waals surface area contributed by atoms with Crippen molar-refractivity contribution >= 4 is 48.2 Å². The van der Waals surface area contributed by atoms with Crippen molar-refractivity contribution in [3.8, 4) is 0 Å². The molecule has 0 aliphatic carbocycles. The average Bonchev–Trinajstić information content (AvgIpc) is 2.81. The fraction of sp³-hybridized carbons (Fsp3) is 0. The summed E-state index contributed by atoms with van der Waals surface area (Å²) in [6.07, 6.45) is 1.43. The van der Waals surface area contributed by atoms with Crippen molar-refractivity contribution in [1.82, 2.24) is 15.2 Å². The maximum absolute atomic E-state index is 12.1. The highest BCUT2D eigenvalue weighted by atomic mass is 79.9. The minimum absolute atomic E-state index is 0.0372. The van der Waals surface area contributed by atoms with Gasteiger partial charge in [-0.2, -0.15) is 0 Å². The third-order valence-corrected chi connectivity index (χ3v) is 4.35. The summed E-state index contributed by atoms with van der Waals surface area (Å²) in [7, 11) is -3.83. The number of anilines is 2. The van der Waals surface area contributed by atoms with E-state index in [2.05, 4.69) is 41.3 Å². The number of halogens is 1. The predicted octanol–water partition coefficient (Wildman–Crippen LogP) is 0.782. The lowest BCUT2D eigenvalue weighted by molar-refractivity contribution is 0.601. The number of nitrogen functional groups attached to an aromatic ring is 1. The van der Waals surface area contributed by atoms with E-state index < -0.39 is 10.0 Å². The molecule has 0 bridgehead atoms. The molecule has 8 nitrogen and oxygen atoms in total. The summed E-state index contributed by atoms with van der Waals surface area (Å²) in [4.78, 5) is 3.77. The molecule has 0 saturated heterocycles. The van der Waals surface area contributed by atoms with Crippen LogP contribution < -0.4 is 16.0 Å². The Kier molecular flexibility index (Phi) is 3.75. The molecule has 0 saturated carbocycles. The van der Waals surface area contributed by atoms with E-state index >= 15 is 0 Å². The van der Waals surface area contributed by atoms with Crippen LogP contribution in [0.1, 0.15) is 0 Å². The van der Waals surface area contributed by atoms with E-state index in [1.165, 1.54) is 17.8 Å². The van der Waals surface area contributed by atoms with Gasteiger partial charge < -0.3 is 5.43 Å². The number of sulfonamides is 1. The molecule has 0 aliphatic heterocycles. The number of nitrogens with two attached hydrogens (primary N) is 1. The maximum atomic E-state index is 12.1. The summed E-state index contributed by atoms with van der Waals surface area (Å²) < 4.78 is 27.0. The Balaban J connectivity index is 2.43. The van der Waals surface area contributed by atoms with Gasteiger partial charge in [0.25, 0.3) is 10.0 Å². The molecular formula is C7H7BrN6O2S2. The van der Waals surface area contributed by atoms with E-state index in [0.717, 1.165) is 11.3 Å². The largest absolute Gasteiger partial charge is 0.307 e. The molecule has 96 valence electrons. The van der Waals surface area contributed by atoms with Crippen LogP contribution in [-0.2, 0) is 10.0 Å². The van der Waals surface area contributed by atoms with Crippen molar-refractivity contribution < 1.29 is 8.42 Å². The van der Waals surface area contributed by atoms with Gasteiger partial charge in [-0.3, -0.25) is 4.72 Å². The second-order valence-corrected chi connectivity index (χ2v) is 6.39. The Morgan fingerprint density at radius 3 is 2.83 bits per heavy atom. The number of hydrazine groups is 1. The van der Waals surface area contributed by atoms with E-state index in [1.807, 2.05) is 0 Å². The van der Waals surface area contributed by atoms with E-state index in [9.17, 15) is 8.42 Å². The molecule has 0 fully saturated rings. The molecule has 4 N–H and O–H groups in total. The molecule has 0 unspecified atom stereocenters. The molecular weight excluding hydrogens is 344 g/mol. The van der Waals surface area contributed by atoms with Gasteiger partial charge in [0.05, 0.1) is 0 Å². The SMILES string of the molecule is NNc1ncc(Br)cc1S(=O)(=O)Nc1nncs1. The third-order valence-electron chi connectivity index (χ3n) is 1.83. The van der Waals surface area contributed by atoms with Gasteiger partial charge >= 0.3 is 0 Å². The van der Waals surface area contributed by atoms with E-state index in [0.29, 0.717) is 4.47 Å². The number of pyridine rings is 1. The highest BCUT2D eigenvalue weighted by molar-refractivity contribution is 9.10. The Hall–Kier alpha value is -1.30. The zero-order valence-corrected chi connectivity index (χ0v) is 11.9. The van der Waals surface area contributed by atoms with E-state index in [-0.39, 0.29) is 15.8 Å². The molecule has 2 aromatic heterocycles. The molecule has 0 aliphatic rings. The molecule has 2 heterocycles. The summed E-state index contributed by atoms with van der Waals surface area (Å²) in [5.41, 5.74) is 3.64. The first-order valence-corrected chi connectivity index (χ1v) is 7.59. The van der Waals surface area contributed by atoms with Gasteiger partial charge in [-0.1, -0.05) is 11.3 Å². The lowest BCUT2D eigenvalue weighted by Gasteiger charge is -2.09. The van der Waals surface area contributed by atoms with Crippen LogP contribution in [0.15, 0.2) is 27.1 Å². The van der Waals surface area contributed by atoms with Gasteiger partial charge in [-0.15, -0.1) is 10.2 Å². The van der Waals surface area contributed by atoms with Crippen LogP contribution in [0.25, 0.3) is 0 Å². The third kappa shape index (κ3) is 2.75. The normalized spacial score (nSPS) is 11.2. The van der Waals surface area contributed by atoms with Crippen LogP contribution in [0.5, 0.6) is 0 Å². The van der Waals surface area contributed by atoms with Gasteiger partial charge in [-0.25, -0.2) is 19.2 Å². The van der Waals surface area contributed by atoms with Gasteiger partial charge in [0, 0.05) is 10.7 Å². The smallest absolute Gasteiger partial charge is 0.267 e. The van der Waals surface area contributed by atoms with Gasteiger partial charge in [0.1, 0.15) is 10.4 Å². The quantitative estimate of drug-likeness (QED) is 0.549. The number of rotatable bonds is 4. The summed E-state index contributed by atoms with van der Waals surface area (Å²) in [6, 6.07) is 1.38. The standard InChI is InChI=1S/C7H7BrN6O2S2/c8-4-1-5(6(12-9)10-2-4)18(15,16)14-7-13-11-3-17-7/h1-3H,9H2,(H,10,12)(H,13,14). The zero-order chi connectivity index (χ0) is 13.2. The topological polar surface area (TPSA) is 123 Å². The van der Waals surface area contributed by atoms with Crippen LogP contribution in [-0.4, -0.2) is 23.6 Å². The number of hydrogen-bond acceptors (Lipinski definition) is 8. The Morgan fingerprint density at radius 1 is 1.44 bits per heavy atom. The maximum Gasteiger partial charge on any atom is 0.267 e. The van der Waals surface area contributed by atoms with Crippen molar-refractivity contribution in [3.05, 3.63) is 22.2 Å². The highest BCUT2D eigenvalue weighted by Gasteiger charge is 2.21. The second kappa shape index (κ2) is 5.14. The summed E-state index contributed by atoms with van der Waals surface area (Å²) in [5, 5.41) is 7.30. The fourth-order valence-corrected chi connectivity index (χ4v) is 3.44.